The zero-order valence-corrected chi connectivity index (χ0v) is 20.9. The van der Waals surface area contributed by atoms with E-state index in [9.17, 15) is 9.59 Å². The number of aryl methyl sites for hydroxylation is 1. The summed E-state index contributed by atoms with van der Waals surface area (Å²) in [6.07, 6.45) is 3.85. The third-order valence-corrected chi connectivity index (χ3v) is 5.67. The van der Waals surface area contributed by atoms with Crippen molar-refractivity contribution < 1.29 is 23.5 Å². The lowest BCUT2D eigenvalue weighted by Crippen LogP contribution is -2.26. The molecule has 0 bridgehead atoms. The molecule has 0 aliphatic carbocycles. The molecule has 0 aliphatic rings. The lowest BCUT2D eigenvalue weighted by Gasteiger charge is -2.07. The highest BCUT2D eigenvalue weighted by Crippen LogP contribution is 2.32. The molecule has 3 heterocycles. The fraction of sp³-hybridized carbons (Fsp3) is 0.417. The van der Waals surface area contributed by atoms with Crippen LogP contribution in [-0.2, 0) is 25.6 Å². The average Bonchev–Trinajstić information content (AvgIpc) is 3.47. The number of carbonyl (C=O) groups is 2. The first-order chi connectivity index (χ1) is 18.6. The largest absolute Gasteiger partial charge is 0.424 e. The Morgan fingerprint density at radius 2 is 1.92 bits per heavy atom. The van der Waals surface area contributed by atoms with E-state index in [0.29, 0.717) is 86.1 Å². The second kappa shape index (κ2) is 13.3. The quantitative estimate of drug-likeness (QED) is 0.119. The van der Waals surface area contributed by atoms with E-state index in [1.54, 1.807) is 10.7 Å². The molecule has 3 aromatic heterocycles. The number of nitrogens with zero attached hydrogens (tertiary/aromatic N) is 5. The molecule has 0 saturated carbocycles. The summed E-state index contributed by atoms with van der Waals surface area (Å²) in [4.78, 5) is 34.9. The van der Waals surface area contributed by atoms with Crippen LogP contribution in [0.1, 0.15) is 19.3 Å². The summed E-state index contributed by atoms with van der Waals surface area (Å²) >= 11 is 0. The minimum absolute atomic E-state index is 0.0719. The van der Waals surface area contributed by atoms with E-state index in [4.69, 9.17) is 30.5 Å². The highest BCUT2D eigenvalue weighted by atomic mass is 16.5. The van der Waals surface area contributed by atoms with Gasteiger partial charge < -0.3 is 36.0 Å². The number of nitrogens with one attached hydrogen (secondary N) is 2. The number of aromatic nitrogens is 5. The van der Waals surface area contributed by atoms with Gasteiger partial charge >= 0.3 is 0 Å². The number of oxazole rings is 1. The monoisotopic (exact) mass is 525 g/mol. The van der Waals surface area contributed by atoms with Crippen molar-refractivity contribution in [2.24, 2.45) is 0 Å². The van der Waals surface area contributed by atoms with Gasteiger partial charge in [0.1, 0.15) is 23.4 Å². The first-order valence-corrected chi connectivity index (χ1v) is 12.3. The Balaban J connectivity index is 1.23. The van der Waals surface area contributed by atoms with Crippen molar-refractivity contribution in [3.63, 3.8) is 0 Å². The number of anilines is 2. The summed E-state index contributed by atoms with van der Waals surface area (Å²) in [5.74, 6) is 0.268. The number of ether oxygens (including phenoxy) is 2. The molecule has 14 nitrogen and oxygen atoms in total. The summed E-state index contributed by atoms with van der Waals surface area (Å²) in [5, 5.41) is 10.8. The summed E-state index contributed by atoms with van der Waals surface area (Å²) in [5.41, 5.74) is 15.2. The van der Waals surface area contributed by atoms with Crippen LogP contribution in [0, 0.1) is 0 Å². The SMILES string of the molecule is Nc1nc2cc(-c3nn(CCCCNC(=O)CCOCCOCCNC=O)c4ncnc(N)c34)ccc2o1. The molecule has 0 spiro atoms. The number of nitrogen functional groups attached to an aromatic ring is 2. The molecule has 14 heteroatoms. The molecule has 4 aromatic rings. The van der Waals surface area contributed by atoms with Crippen LogP contribution in [0.25, 0.3) is 33.4 Å². The molecule has 2 amide bonds. The normalized spacial score (nSPS) is 11.3. The highest BCUT2D eigenvalue weighted by molar-refractivity contribution is 5.99. The van der Waals surface area contributed by atoms with Gasteiger partial charge in [-0.05, 0) is 31.0 Å². The Hall–Kier alpha value is -4.30. The number of fused-ring (bicyclic) bond motifs is 2. The van der Waals surface area contributed by atoms with Gasteiger partial charge in [-0.25, -0.2) is 14.6 Å². The Morgan fingerprint density at radius 3 is 2.76 bits per heavy atom. The Morgan fingerprint density at radius 1 is 1.08 bits per heavy atom. The van der Waals surface area contributed by atoms with Gasteiger partial charge in [0.15, 0.2) is 11.2 Å². The van der Waals surface area contributed by atoms with E-state index in [-0.39, 0.29) is 18.3 Å². The van der Waals surface area contributed by atoms with Crippen molar-refractivity contribution in [3.8, 4) is 11.3 Å². The minimum Gasteiger partial charge on any atom is -0.424 e. The van der Waals surface area contributed by atoms with E-state index in [1.807, 2.05) is 12.1 Å². The third kappa shape index (κ3) is 6.92. The van der Waals surface area contributed by atoms with Crippen LogP contribution in [0.5, 0.6) is 0 Å². The second-order valence-electron chi connectivity index (χ2n) is 8.37. The molecule has 0 atom stereocenters. The smallest absolute Gasteiger partial charge is 0.292 e. The zero-order valence-electron chi connectivity index (χ0n) is 20.9. The van der Waals surface area contributed by atoms with E-state index < -0.39 is 0 Å². The maximum atomic E-state index is 12.0. The maximum Gasteiger partial charge on any atom is 0.292 e. The van der Waals surface area contributed by atoms with Gasteiger partial charge in [-0.3, -0.25) is 9.59 Å². The molecular formula is C24H31N9O5. The number of carbonyl (C=O) groups excluding carboxylic acids is 2. The third-order valence-electron chi connectivity index (χ3n) is 5.67. The van der Waals surface area contributed by atoms with Gasteiger partial charge in [0, 0.05) is 31.6 Å². The number of nitrogens with two attached hydrogens (primary N) is 2. The predicted molar refractivity (Wildman–Crippen MR) is 140 cm³/mol. The van der Waals surface area contributed by atoms with Crippen LogP contribution in [-0.4, -0.2) is 76.6 Å². The van der Waals surface area contributed by atoms with E-state index in [0.717, 1.165) is 18.4 Å². The molecule has 0 radical (unpaired) electrons. The topological polar surface area (TPSA) is 198 Å². The lowest BCUT2D eigenvalue weighted by atomic mass is 10.1. The Kier molecular flexibility index (Phi) is 9.37. The number of amides is 2. The molecule has 4 rings (SSSR count). The molecule has 6 N–H and O–H groups in total. The van der Waals surface area contributed by atoms with Crippen molar-refractivity contribution in [1.29, 1.82) is 0 Å². The number of hydrogen-bond acceptors (Lipinski definition) is 11. The standard InChI is InChI=1S/C24H31N9O5/c25-22-20-21(16-3-4-18-17(13-16)31-24(26)38-18)32-33(23(20)30-14-29-22)8-2-1-6-28-19(35)5-9-36-11-12-37-10-7-27-15-34/h3-4,13-15H,1-2,5-12H2,(H2,26,31)(H,27,34)(H,28,35)(H2,25,29,30). The summed E-state index contributed by atoms with van der Waals surface area (Å²) in [6, 6.07) is 5.59. The van der Waals surface area contributed by atoms with Crippen molar-refractivity contribution >= 4 is 46.3 Å². The average molecular weight is 526 g/mol. The van der Waals surface area contributed by atoms with Crippen molar-refractivity contribution in [1.82, 2.24) is 35.4 Å². The summed E-state index contributed by atoms with van der Waals surface area (Å²) in [7, 11) is 0. The van der Waals surface area contributed by atoms with Gasteiger partial charge in [-0.2, -0.15) is 10.1 Å². The summed E-state index contributed by atoms with van der Waals surface area (Å²) < 4.78 is 17.8. The van der Waals surface area contributed by atoms with Gasteiger partial charge in [0.05, 0.1) is 31.8 Å². The Labute approximate surface area is 218 Å². The zero-order chi connectivity index (χ0) is 26.7. The van der Waals surface area contributed by atoms with Gasteiger partial charge in [-0.1, -0.05) is 0 Å². The second-order valence-corrected chi connectivity index (χ2v) is 8.37. The first kappa shape index (κ1) is 26.8. The number of benzene rings is 1. The fourth-order valence-corrected chi connectivity index (χ4v) is 3.86. The molecule has 0 fully saturated rings. The maximum absolute atomic E-state index is 12.0. The van der Waals surface area contributed by atoms with E-state index in [1.165, 1.54) is 6.33 Å². The van der Waals surface area contributed by atoms with Crippen LogP contribution in [0.15, 0.2) is 28.9 Å². The van der Waals surface area contributed by atoms with Gasteiger partial charge in [0.2, 0.25) is 12.3 Å². The molecule has 202 valence electrons. The number of rotatable bonds is 16. The first-order valence-electron chi connectivity index (χ1n) is 12.3. The van der Waals surface area contributed by atoms with Gasteiger partial charge in [-0.15, -0.1) is 0 Å². The molecule has 0 unspecified atom stereocenters. The van der Waals surface area contributed by atoms with Crippen LogP contribution in [0.2, 0.25) is 0 Å². The molecule has 1 aromatic carbocycles. The van der Waals surface area contributed by atoms with Crippen molar-refractivity contribution in [2.45, 2.75) is 25.8 Å². The van der Waals surface area contributed by atoms with Crippen LogP contribution in [0.3, 0.4) is 0 Å². The summed E-state index contributed by atoms with van der Waals surface area (Å²) in [6.45, 7) is 3.13. The molecule has 38 heavy (non-hydrogen) atoms. The predicted octanol–water partition coefficient (Wildman–Crippen LogP) is 0.865. The van der Waals surface area contributed by atoms with Crippen LogP contribution in [0.4, 0.5) is 11.8 Å². The van der Waals surface area contributed by atoms with Crippen molar-refractivity contribution in [3.05, 3.63) is 24.5 Å². The molecule has 0 aliphatic heterocycles. The van der Waals surface area contributed by atoms with E-state index >= 15 is 0 Å². The lowest BCUT2D eigenvalue weighted by molar-refractivity contribution is -0.122. The van der Waals surface area contributed by atoms with Crippen molar-refractivity contribution in [2.75, 3.05) is 51.0 Å². The fourth-order valence-electron chi connectivity index (χ4n) is 3.86. The van der Waals surface area contributed by atoms with Gasteiger partial charge in [0.25, 0.3) is 6.01 Å². The highest BCUT2D eigenvalue weighted by Gasteiger charge is 2.18. The van der Waals surface area contributed by atoms with Crippen LogP contribution < -0.4 is 22.1 Å². The minimum atomic E-state index is -0.0719. The Bertz CT molecular complexity index is 1370. The number of hydrogen-bond donors (Lipinski definition) is 4. The van der Waals surface area contributed by atoms with E-state index in [2.05, 4.69) is 25.6 Å². The van der Waals surface area contributed by atoms with Crippen LogP contribution >= 0.6 is 0 Å². The molecular weight excluding hydrogens is 494 g/mol. The number of unbranched alkanes of at least 4 members (excludes halogenated alkanes) is 1. The molecule has 0 saturated heterocycles.